The van der Waals surface area contributed by atoms with Gasteiger partial charge in [0.15, 0.2) is 0 Å². The zero-order valence-corrected chi connectivity index (χ0v) is 17.6. The second-order valence-corrected chi connectivity index (χ2v) is 7.52. The average molecular weight is 419 g/mol. The molecule has 0 saturated heterocycles. The molecule has 0 radical (unpaired) electrons. The molecule has 1 aliphatic rings. The lowest BCUT2D eigenvalue weighted by Crippen LogP contribution is -2.27. The van der Waals surface area contributed by atoms with Gasteiger partial charge in [0.05, 0.1) is 12.0 Å². The van der Waals surface area contributed by atoms with Crippen LogP contribution < -0.4 is 21.5 Å². The predicted octanol–water partition coefficient (Wildman–Crippen LogP) is 3.03. The van der Waals surface area contributed by atoms with Gasteiger partial charge in [-0.15, -0.1) is 0 Å². The second kappa shape index (κ2) is 8.95. The minimum absolute atomic E-state index is 0.0792. The highest BCUT2D eigenvalue weighted by Gasteiger charge is 2.25. The number of hydrogen-bond donors (Lipinski definition) is 3. The fourth-order valence-electron chi connectivity index (χ4n) is 3.20. The summed E-state index contributed by atoms with van der Waals surface area (Å²) in [5.74, 6) is 2.23. The van der Waals surface area contributed by atoms with Crippen molar-refractivity contribution in [2.75, 3.05) is 22.5 Å². The van der Waals surface area contributed by atoms with Gasteiger partial charge in [-0.25, -0.2) is 15.0 Å². The number of anilines is 4. The first-order valence-corrected chi connectivity index (χ1v) is 10.3. The number of nitrogens with zero attached hydrogens (tertiary/aromatic N) is 4. The van der Waals surface area contributed by atoms with Gasteiger partial charge in [0, 0.05) is 36.0 Å². The van der Waals surface area contributed by atoms with E-state index in [9.17, 15) is 9.59 Å². The maximum Gasteiger partial charge on any atom is 0.254 e. The van der Waals surface area contributed by atoms with Gasteiger partial charge in [-0.1, -0.05) is 0 Å². The monoisotopic (exact) mass is 419 g/mol. The Morgan fingerprint density at radius 1 is 1.10 bits per heavy atom. The zero-order valence-electron chi connectivity index (χ0n) is 17.6. The maximum absolute atomic E-state index is 12.3. The van der Waals surface area contributed by atoms with Crippen molar-refractivity contribution in [3.8, 4) is 0 Å². The first kappa shape index (κ1) is 20.5. The maximum atomic E-state index is 12.3. The molecule has 1 aromatic carbocycles. The molecule has 3 aromatic rings. The molecule has 2 heterocycles. The third-order valence-electron chi connectivity index (χ3n) is 4.85. The minimum atomic E-state index is -0.287. The number of aryl methyl sites for hydroxylation is 1. The van der Waals surface area contributed by atoms with Crippen LogP contribution in [-0.2, 0) is 11.3 Å². The summed E-state index contributed by atoms with van der Waals surface area (Å²) < 4.78 is 1.32. The topological polar surface area (TPSA) is 114 Å². The van der Waals surface area contributed by atoms with Crippen molar-refractivity contribution in [3.05, 3.63) is 64.6 Å². The first-order chi connectivity index (χ1) is 15.0. The highest BCUT2D eigenvalue weighted by atomic mass is 16.2. The molecule has 0 aliphatic heterocycles. The molecular formula is C22H25N7O2. The van der Waals surface area contributed by atoms with Crippen LogP contribution in [0, 0.1) is 6.92 Å². The number of rotatable bonds is 8. The Morgan fingerprint density at radius 2 is 1.81 bits per heavy atom. The van der Waals surface area contributed by atoms with E-state index in [-0.39, 0.29) is 18.0 Å². The molecule has 9 heteroatoms. The summed E-state index contributed by atoms with van der Waals surface area (Å²) in [4.78, 5) is 37.5. The van der Waals surface area contributed by atoms with E-state index in [0.717, 1.165) is 36.6 Å². The molecule has 1 amide bonds. The van der Waals surface area contributed by atoms with Crippen LogP contribution in [0.2, 0.25) is 0 Å². The van der Waals surface area contributed by atoms with E-state index in [4.69, 9.17) is 0 Å². The molecule has 0 unspecified atom stereocenters. The van der Waals surface area contributed by atoms with Crippen molar-refractivity contribution < 1.29 is 4.79 Å². The van der Waals surface area contributed by atoms with Gasteiger partial charge in [-0.2, -0.15) is 0 Å². The average Bonchev–Trinajstić information content (AvgIpc) is 3.56. The summed E-state index contributed by atoms with van der Waals surface area (Å²) in [7, 11) is 0. The van der Waals surface area contributed by atoms with Crippen LogP contribution in [0.1, 0.15) is 37.2 Å². The van der Waals surface area contributed by atoms with Crippen LogP contribution in [0.5, 0.6) is 0 Å². The summed E-state index contributed by atoms with van der Waals surface area (Å²) in [5, 5.41) is 9.21. The highest BCUT2D eigenvalue weighted by Crippen LogP contribution is 2.38. The van der Waals surface area contributed by atoms with Crippen molar-refractivity contribution in [1.82, 2.24) is 19.5 Å². The van der Waals surface area contributed by atoms with Crippen molar-refractivity contribution in [1.29, 1.82) is 0 Å². The fraction of sp³-hybridized carbons (Fsp3) is 0.318. The molecule has 31 heavy (non-hydrogen) atoms. The Balaban J connectivity index is 1.36. The lowest BCUT2D eigenvalue weighted by Gasteiger charge is -2.11. The number of amides is 1. The highest BCUT2D eigenvalue weighted by molar-refractivity contribution is 5.90. The van der Waals surface area contributed by atoms with Gasteiger partial charge in [0.1, 0.15) is 24.0 Å². The third kappa shape index (κ3) is 5.44. The van der Waals surface area contributed by atoms with Crippen LogP contribution in [0.3, 0.4) is 0 Å². The smallest absolute Gasteiger partial charge is 0.254 e. The lowest BCUT2D eigenvalue weighted by molar-refractivity contribution is -0.116. The Hall–Kier alpha value is -3.75. The normalized spacial score (nSPS) is 13.0. The van der Waals surface area contributed by atoms with Crippen LogP contribution in [0.15, 0.2) is 47.5 Å². The molecule has 0 spiro atoms. The molecule has 1 fully saturated rings. The van der Waals surface area contributed by atoms with Gasteiger partial charge < -0.3 is 16.0 Å². The van der Waals surface area contributed by atoms with E-state index in [1.807, 2.05) is 32.0 Å². The van der Waals surface area contributed by atoms with Crippen LogP contribution >= 0.6 is 0 Å². The van der Waals surface area contributed by atoms with Gasteiger partial charge >= 0.3 is 0 Å². The van der Waals surface area contributed by atoms with Crippen molar-refractivity contribution in [2.45, 2.75) is 39.2 Å². The Labute approximate surface area is 180 Å². The van der Waals surface area contributed by atoms with Crippen LogP contribution in [-0.4, -0.2) is 32.0 Å². The standard InChI is InChI=1S/C22H25N7O2/c1-3-23-19-11-20(26-14(2)25-19)27-16-6-8-17(9-7-16)28-21(30)12-29-13-24-18(10-22(29)31)15-4-5-15/h6-11,13,15H,3-5,12H2,1-2H3,(H,28,30)(H2,23,25,26,27). The summed E-state index contributed by atoms with van der Waals surface area (Å²) in [6.45, 7) is 4.54. The Bertz CT molecular complexity index is 1140. The Kier molecular flexibility index (Phi) is 5.92. The molecule has 2 aromatic heterocycles. The molecule has 0 bridgehead atoms. The minimum Gasteiger partial charge on any atom is -0.370 e. The van der Waals surface area contributed by atoms with Crippen LogP contribution in [0.25, 0.3) is 0 Å². The number of carbonyl (C=O) groups is 1. The van der Waals surface area contributed by atoms with Gasteiger partial charge in [0.25, 0.3) is 5.56 Å². The summed E-state index contributed by atoms with van der Waals surface area (Å²) >= 11 is 0. The predicted molar refractivity (Wildman–Crippen MR) is 120 cm³/mol. The summed E-state index contributed by atoms with van der Waals surface area (Å²) in [6, 6.07) is 10.6. The number of aromatic nitrogens is 4. The third-order valence-corrected chi connectivity index (χ3v) is 4.85. The molecule has 160 valence electrons. The second-order valence-electron chi connectivity index (χ2n) is 7.52. The molecule has 1 saturated carbocycles. The van der Waals surface area contributed by atoms with E-state index < -0.39 is 0 Å². The van der Waals surface area contributed by atoms with E-state index in [2.05, 4.69) is 30.9 Å². The van der Waals surface area contributed by atoms with Crippen molar-refractivity contribution >= 4 is 28.9 Å². The number of nitrogens with one attached hydrogen (secondary N) is 3. The van der Waals surface area contributed by atoms with Crippen LogP contribution in [0.4, 0.5) is 23.0 Å². The van der Waals surface area contributed by atoms with E-state index in [1.54, 1.807) is 12.1 Å². The van der Waals surface area contributed by atoms with Gasteiger partial charge in [0.2, 0.25) is 5.91 Å². The van der Waals surface area contributed by atoms with Crippen molar-refractivity contribution in [3.63, 3.8) is 0 Å². The summed E-state index contributed by atoms with van der Waals surface area (Å²) in [5.41, 5.74) is 2.08. The van der Waals surface area contributed by atoms with Crippen molar-refractivity contribution in [2.24, 2.45) is 0 Å². The number of hydrogen-bond acceptors (Lipinski definition) is 7. The molecular weight excluding hydrogens is 394 g/mol. The SMILES string of the molecule is CCNc1cc(Nc2ccc(NC(=O)Cn3cnc(C4CC4)cc3=O)cc2)nc(C)n1. The Morgan fingerprint density at radius 3 is 2.48 bits per heavy atom. The molecule has 1 aliphatic carbocycles. The van der Waals surface area contributed by atoms with Gasteiger partial charge in [-0.3, -0.25) is 14.2 Å². The largest absolute Gasteiger partial charge is 0.370 e. The number of benzene rings is 1. The molecule has 9 nitrogen and oxygen atoms in total. The summed E-state index contributed by atoms with van der Waals surface area (Å²) in [6.07, 6.45) is 3.61. The zero-order chi connectivity index (χ0) is 21.8. The molecule has 0 atom stereocenters. The van der Waals surface area contributed by atoms with E-state index in [0.29, 0.717) is 23.2 Å². The molecule has 3 N–H and O–H groups in total. The fourth-order valence-corrected chi connectivity index (χ4v) is 3.20. The molecule has 4 rings (SSSR count). The number of carbonyl (C=O) groups excluding carboxylic acids is 1. The first-order valence-electron chi connectivity index (χ1n) is 10.3. The van der Waals surface area contributed by atoms with E-state index in [1.165, 1.54) is 17.0 Å². The lowest BCUT2D eigenvalue weighted by atomic mass is 10.2. The van der Waals surface area contributed by atoms with Gasteiger partial charge in [-0.05, 0) is 51.0 Å². The van der Waals surface area contributed by atoms with E-state index >= 15 is 0 Å². The quantitative estimate of drug-likeness (QED) is 0.514.